The summed E-state index contributed by atoms with van der Waals surface area (Å²) in [5.74, 6) is 2.09. The predicted molar refractivity (Wildman–Crippen MR) is 508 cm³/mol. The summed E-state index contributed by atoms with van der Waals surface area (Å²) in [5.41, 5.74) is 16.5. The fourth-order valence-electron chi connectivity index (χ4n) is 22.7. The van der Waals surface area contributed by atoms with Crippen LogP contribution in [0.15, 0.2) is 187 Å². The third-order valence-corrected chi connectivity index (χ3v) is 34.6. The van der Waals surface area contributed by atoms with E-state index in [-0.39, 0.29) is 28.0 Å². The van der Waals surface area contributed by atoms with Crippen molar-refractivity contribution in [3.05, 3.63) is 190 Å². The molecular weight excluding hydrogens is 1610 g/mol. The third kappa shape index (κ3) is 22.7. The molecule has 4 bridgehead atoms. The predicted octanol–water partition coefficient (Wildman–Crippen LogP) is 20.0. The number of rotatable bonds is 33. The molecule has 123 heavy (non-hydrogen) atoms. The van der Waals surface area contributed by atoms with Gasteiger partial charge in [-0.2, -0.15) is 0 Å². The van der Waals surface area contributed by atoms with Crippen LogP contribution in [-0.2, 0) is 24.8 Å². The number of likely N-dealkylation sites (tertiary alicyclic amines) is 2. The largest absolute Gasteiger partial charge is 0.381 e. The van der Waals surface area contributed by atoms with Crippen LogP contribution in [0.4, 0.5) is 22.7 Å². The Labute approximate surface area is 746 Å². The van der Waals surface area contributed by atoms with E-state index in [0.29, 0.717) is 49.7 Å². The zero-order valence-electron chi connectivity index (χ0n) is 76.0. The van der Waals surface area contributed by atoms with Gasteiger partial charge >= 0.3 is 0 Å². The molecule has 18 rings (SSSR count). The van der Waals surface area contributed by atoms with Crippen molar-refractivity contribution in [1.82, 2.24) is 29.0 Å². The number of sulfonamides is 2. The summed E-state index contributed by atoms with van der Waals surface area (Å²) < 4.78 is 65.0. The van der Waals surface area contributed by atoms with Crippen LogP contribution in [0.2, 0.25) is 0 Å². The van der Waals surface area contributed by atoms with E-state index in [9.17, 15) is 26.4 Å². The van der Waals surface area contributed by atoms with Crippen LogP contribution in [0, 0.1) is 58.2 Å². The van der Waals surface area contributed by atoms with Crippen molar-refractivity contribution >= 4 is 78.1 Å². The Bertz CT molecular complexity index is 4910. The molecule has 2 amide bonds. The van der Waals surface area contributed by atoms with Crippen LogP contribution in [0.25, 0.3) is 0 Å². The SMILES string of the molecule is Cc1cc(S(=O)(=O)NC(=O)c2ccc(N3CCN(CC4=C(C56CC(C)(C5)C6)CC(C)(C)CC4)CC3)cc2)ccc1N[C@H](CCN1CCC(C(C)C)CC1)CSc1ccccc1.Cc1cc(S(=O)(=O)NC(=O)c2ccc(N3CCN(CC4=C(C56CC(C)(C5)C6)CC(C)(C)CC4)CC3)cc2)ccc1N[C@H](CCN1CCC(OC(C)C)CC1)CSc1ccccc1. The van der Waals surface area contributed by atoms with Gasteiger partial charge in [0.15, 0.2) is 0 Å². The first kappa shape index (κ1) is 91.1. The monoisotopic (exact) mass is 1750 g/mol. The number of allylic oxidation sites excluding steroid dienone is 2. The van der Waals surface area contributed by atoms with Gasteiger partial charge in [-0.3, -0.25) is 19.4 Å². The van der Waals surface area contributed by atoms with Gasteiger partial charge in [0, 0.05) is 159 Å². The summed E-state index contributed by atoms with van der Waals surface area (Å²) in [6.07, 6.45) is 23.2. The molecule has 8 aliphatic carbocycles. The molecule has 12 aliphatic rings. The second kappa shape index (κ2) is 38.3. The van der Waals surface area contributed by atoms with Crippen molar-refractivity contribution in [3.63, 3.8) is 0 Å². The molecule has 0 spiro atoms. The van der Waals surface area contributed by atoms with Crippen LogP contribution in [0.5, 0.6) is 0 Å². The highest BCUT2D eigenvalue weighted by atomic mass is 32.2. The minimum atomic E-state index is -4.09. The third-order valence-electron chi connectivity index (χ3n) is 29.5. The van der Waals surface area contributed by atoms with Crippen LogP contribution in [0.1, 0.15) is 217 Å². The number of carbonyl (C=O) groups excluding carboxylic acids is 2. The van der Waals surface area contributed by atoms with E-state index >= 15 is 0 Å². The number of anilines is 4. The number of thioether (sulfide) groups is 2. The molecule has 4 N–H and O–H groups in total. The maximum Gasteiger partial charge on any atom is 0.264 e. The highest BCUT2D eigenvalue weighted by Crippen LogP contribution is 2.79. The van der Waals surface area contributed by atoms with Crippen LogP contribution >= 0.6 is 23.5 Å². The number of carbonyl (C=O) groups is 2. The maximum absolute atomic E-state index is 13.6. The number of piperidine rings is 2. The molecule has 0 radical (unpaired) electrons. The van der Waals surface area contributed by atoms with E-state index in [0.717, 1.165) is 188 Å². The molecular formula is C102H142N10O7S4. The Morgan fingerprint density at radius 1 is 0.463 bits per heavy atom. The molecule has 17 nitrogen and oxygen atoms in total. The van der Waals surface area contributed by atoms with Crippen molar-refractivity contribution in [3.8, 4) is 0 Å². The van der Waals surface area contributed by atoms with Gasteiger partial charge in [0.2, 0.25) is 0 Å². The summed E-state index contributed by atoms with van der Waals surface area (Å²) in [5, 5.41) is 7.50. The minimum Gasteiger partial charge on any atom is -0.381 e. The minimum absolute atomic E-state index is 0.0726. The zero-order valence-corrected chi connectivity index (χ0v) is 79.2. The number of benzene rings is 6. The molecule has 6 aromatic carbocycles. The van der Waals surface area contributed by atoms with E-state index < -0.39 is 31.9 Å². The fraction of sp³-hybridized carbons (Fsp3) is 0.588. The number of aryl methyl sites for hydroxylation is 2. The van der Waals surface area contributed by atoms with Crippen molar-refractivity contribution in [2.75, 3.05) is 137 Å². The normalized spacial score (nSPS) is 25.1. The van der Waals surface area contributed by atoms with Gasteiger partial charge in [-0.1, -0.05) is 114 Å². The van der Waals surface area contributed by atoms with Crippen molar-refractivity contribution in [2.45, 2.75) is 243 Å². The summed E-state index contributed by atoms with van der Waals surface area (Å²) in [4.78, 5) is 44.5. The first-order valence-corrected chi connectivity index (χ1v) is 51.5. The van der Waals surface area contributed by atoms with E-state index in [1.807, 2.05) is 97.0 Å². The van der Waals surface area contributed by atoms with E-state index in [2.05, 4.69) is 167 Å². The van der Waals surface area contributed by atoms with Crippen molar-refractivity contribution < 1.29 is 31.2 Å². The summed E-state index contributed by atoms with van der Waals surface area (Å²) in [6.45, 7) is 43.9. The first-order chi connectivity index (χ1) is 58.6. The molecule has 6 saturated carbocycles. The average molecular weight is 1750 g/mol. The number of hydrogen-bond donors (Lipinski definition) is 4. The molecule has 6 aromatic rings. The molecule has 21 heteroatoms. The highest BCUT2D eigenvalue weighted by Gasteiger charge is 2.68. The fourth-order valence-corrected chi connectivity index (χ4v) is 26.8. The second-order valence-electron chi connectivity index (χ2n) is 41.7. The van der Waals surface area contributed by atoms with Gasteiger partial charge in [0.05, 0.1) is 22.0 Å². The summed E-state index contributed by atoms with van der Waals surface area (Å²) in [7, 11) is -8.18. The van der Waals surface area contributed by atoms with Crippen LogP contribution in [0.3, 0.4) is 0 Å². The van der Waals surface area contributed by atoms with Gasteiger partial charge < -0.3 is 35.0 Å². The standard InChI is InChI=1S/C51H71N5O4S2.C51H71N5O3S2/c1-37(2)60-43-20-24-54(25-21-43)23-19-41(33-61-44-10-8-7-9-11-44)52-47-17-16-45(30-38(47)3)62(58,59)53-48(57)39-12-14-42(15-13-39)56-28-26-55(27-29-56)32-40-18-22-49(4,5)31-46(40)51-34-50(6,35-51)36-51;1-37(2)39-19-23-54(24-20-39)25-21-42(33-60-44-10-8-7-9-11-44)52-47-17-16-45(30-38(47)3)61(58,59)53-48(57)40-12-14-43(15-13-40)56-28-26-55(27-29-56)32-41-18-22-49(4,5)31-46(41)51-34-50(6,35-51)36-51/h7-17,30,37,41,43,52H,18-29,31-36H2,1-6H3,(H,53,57);7-17,30,37,39,42,52H,18-29,31-36H2,1-6H3,(H,53,57)/t41-,50?,51?;42-,50?,51?/m11/s1. The Morgan fingerprint density at radius 3 is 1.19 bits per heavy atom. The summed E-state index contributed by atoms with van der Waals surface area (Å²) in [6, 6.07) is 46.3. The van der Waals surface area contributed by atoms with E-state index in [1.54, 1.807) is 59.7 Å². The topological polar surface area (TPSA) is 179 Å². The van der Waals surface area contributed by atoms with Crippen molar-refractivity contribution in [2.24, 2.45) is 44.3 Å². The molecule has 0 aromatic heterocycles. The van der Waals surface area contributed by atoms with Crippen molar-refractivity contribution in [1.29, 1.82) is 0 Å². The van der Waals surface area contributed by atoms with Crippen LogP contribution < -0.4 is 29.9 Å². The molecule has 4 saturated heterocycles. The zero-order chi connectivity index (χ0) is 86.7. The molecule has 0 unspecified atom stereocenters. The molecule has 10 fully saturated rings. The Morgan fingerprint density at radius 2 is 0.837 bits per heavy atom. The molecule has 4 heterocycles. The maximum atomic E-state index is 13.6. The number of ether oxygens (including phenoxy) is 1. The van der Waals surface area contributed by atoms with E-state index in [1.165, 1.54) is 99.7 Å². The molecule has 4 aliphatic heterocycles. The number of amides is 2. The van der Waals surface area contributed by atoms with Gasteiger partial charge in [-0.05, 0) is 321 Å². The van der Waals surface area contributed by atoms with Crippen LogP contribution in [-0.4, -0.2) is 189 Å². The lowest BCUT2D eigenvalue weighted by Crippen LogP contribution is -2.61. The average Bonchev–Trinajstić information content (AvgIpc) is 0.678. The number of hydrogen-bond acceptors (Lipinski definition) is 17. The van der Waals surface area contributed by atoms with Gasteiger partial charge in [-0.25, -0.2) is 26.3 Å². The summed E-state index contributed by atoms with van der Waals surface area (Å²) >= 11 is 3.67. The Kier molecular flexibility index (Phi) is 28.4. The number of piperazine rings is 2. The molecule has 666 valence electrons. The second-order valence-corrected chi connectivity index (χ2v) is 47.2. The Balaban J connectivity index is 0.000000191. The van der Waals surface area contributed by atoms with Gasteiger partial charge in [0.1, 0.15) is 0 Å². The lowest BCUT2D eigenvalue weighted by Gasteiger charge is -2.72. The first-order valence-electron chi connectivity index (χ1n) is 46.6. The Hall–Kier alpha value is -6.66. The lowest BCUT2D eigenvalue weighted by atomic mass is 9.33. The molecule has 2 atom stereocenters. The van der Waals surface area contributed by atoms with E-state index in [4.69, 9.17) is 4.74 Å². The smallest absolute Gasteiger partial charge is 0.264 e. The number of nitrogens with one attached hydrogen (secondary N) is 4. The quantitative estimate of drug-likeness (QED) is 0.0226. The highest BCUT2D eigenvalue weighted by molar-refractivity contribution is 7.99. The van der Waals surface area contributed by atoms with Gasteiger partial charge in [-0.15, -0.1) is 23.5 Å². The lowest BCUT2D eigenvalue weighted by molar-refractivity contribution is -0.167. The number of nitrogens with zero attached hydrogens (tertiary/aromatic N) is 6. The van der Waals surface area contributed by atoms with Gasteiger partial charge in [0.25, 0.3) is 31.9 Å².